The number of likely N-dealkylation sites (N-methyl/N-ethyl adjacent to an activating group) is 1. The number of anilines is 1. The molecule has 0 amide bonds. The first-order valence-electron chi connectivity index (χ1n) is 11.1. The normalized spacial score (nSPS) is 21.6. The smallest absolute Gasteiger partial charge is 0.312 e. The van der Waals surface area contributed by atoms with Gasteiger partial charge in [-0.15, -0.1) is 11.8 Å². The number of benzene rings is 1. The second-order valence-corrected chi connectivity index (χ2v) is 12.0. The third kappa shape index (κ3) is 6.46. The van der Waals surface area contributed by atoms with Gasteiger partial charge in [-0.05, 0) is 64.6 Å². The lowest BCUT2D eigenvalue weighted by Gasteiger charge is -2.45. The number of fused-ring (bicyclic) bond motifs is 1. The van der Waals surface area contributed by atoms with Gasteiger partial charge in [-0.1, -0.05) is 0 Å². The Bertz CT molecular complexity index is 903. The Morgan fingerprint density at radius 2 is 1.94 bits per heavy atom. The average molecular weight is 525 g/mol. The van der Waals surface area contributed by atoms with Crippen LogP contribution in [0.5, 0.6) is 5.75 Å². The maximum Gasteiger partial charge on any atom is 0.312 e. The first-order chi connectivity index (χ1) is 15.6. The highest BCUT2D eigenvalue weighted by atomic mass is 32.2. The van der Waals surface area contributed by atoms with Gasteiger partial charge in [-0.25, -0.2) is 21.9 Å². The van der Waals surface area contributed by atoms with Gasteiger partial charge in [0.2, 0.25) is 5.92 Å². The number of aliphatic carboxylic acids is 1. The predicted octanol–water partition coefficient (Wildman–Crippen LogP) is 6.26. The Labute approximate surface area is 206 Å². The molecule has 1 aliphatic carbocycles. The molecule has 1 atom stereocenters. The quantitative estimate of drug-likeness (QED) is 0.233. The van der Waals surface area contributed by atoms with Crippen LogP contribution in [0.2, 0.25) is 0 Å². The van der Waals surface area contributed by atoms with E-state index in [2.05, 4.69) is 0 Å². The number of hydrogen-bond donors (Lipinski definition) is 1. The number of carbonyl (C=O) groups is 1. The van der Waals surface area contributed by atoms with Gasteiger partial charge in [-0.2, -0.15) is 0 Å². The van der Waals surface area contributed by atoms with Crippen molar-refractivity contribution in [1.29, 1.82) is 0 Å². The number of carboxylic acids is 1. The number of hydrogen-bond acceptors (Lipinski definition) is 6. The highest BCUT2D eigenvalue weighted by Gasteiger charge is 2.49. The molecule has 1 aromatic carbocycles. The third-order valence-corrected chi connectivity index (χ3v) is 8.18. The highest BCUT2D eigenvalue weighted by molar-refractivity contribution is 7.98. The monoisotopic (exact) mass is 524 g/mol. The summed E-state index contributed by atoms with van der Waals surface area (Å²) in [6, 6.07) is 3.06. The van der Waals surface area contributed by atoms with Gasteiger partial charge >= 0.3 is 5.97 Å². The Hall–Kier alpha value is -1.33. The summed E-state index contributed by atoms with van der Waals surface area (Å²) in [7, 11) is 1.82. The van der Waals surface area contributed by atoms with Gasteiger partial charge in [0.15, 0.2) is 0 Å². The first-order valence-corrected chi connectivity index (χ1v) is 13.1. The van der Waals surface area contributed by atoms with Crippen LogP contribution in [-0.4, -0.2) is 65.8 Å². The lowest BCUT2D eigenvalue weighted by molar-refractivity contribution is -0.148. The second-order valence-electron chi connectivity index (χ2n) is 9.92. The van der Waals surface area contributed by atoms with E-state index in [-0.39, 0.29) is 44.4 Å². The predicted molar refractivity (Wildman–Crippen MR) is 128 cm³/mol. The van der Waals surface area contributed by atoms with Crippen molar-refractivity contribution in [3.8, 4) is 5.75 Å². The Morgan fingerprint density at radius 1 is 1.29 bits per heavy atom. The topological polar surface area (TPSA) is 53.0 Å². The summed E-state index contributed by atoms with van der Waals surface area (Å²) in [5.74, 6) is -5.98. The number of halogens is 4. The number of ether oxygens (including phenoxy) is 1. The van der Waals surface area contributed by atoms with Crippen LogP contribution in [0.15, 0.2) is 21.9 Å². The first kappa shape index (κ1) is 27.3. The molecular weight excluding hydrogens is 492 g/mol. The maximum absolute atomic E-state index is 13.8. The molecule has 1 fully saturated rings. The van der Waals surface area contributed by atoms with Crippen LogP contribution < -0.4 is 9.64 Å². The number of alkyl halides is 4. The number of thioether (sulfide) groups is 1. The van der Waals surface area contributed by atoms with Crippen LogP contribution in [-0.2, 0) is 4.79 Å². The minimum absolute atomic E-state index is 0.0397. The molecule has 0 bridgehead atoms. The van der Waals surface area contributed by atoms with Crippen molar-refractivity contribution in [1.82, 2.24) is 4.31 Å². The van der Waals surface area contributed by atoms with Gasteiger partial charge in [0, 0.05) is 37.9 Å². The molecule has 2 aliphatic rings. The lowest BCUT2D eigenvalue weighted by atomic mass is 9.86. The minimum atomic E-state index is -2.80. The summed E-state index contributed by atoms with van der Waals surface area (Å²) in [6.45, 7) is 4.37. The van der Waals surface area contributed by atoms with Gasteiger partial charge in [-0.3, -0.25) is 4.79 Å². The van der Waals surface area contributed by atoms with Gasteiger partial charge in [0.25, 0.3) is 5.92 Å². The van der Waals surface area contributed by atoms with Gasteiger partial charge in [0.1, 0.15) is 12.4 Å². The molecule has 1 heterocycles. The lowest BCUT2D eigenvalue weighted by Crippen LogP contribution is -2.53. The number of carboxylic acid groups (broad SMARTS) is 1. The molecule has 3 rings (SSSR count). The largest absolute Gasteiger partial charge is 0.491 e. The molecule has 0 aromatic heterocycles. The fourth-order valence-corrected chi connectivity index (χ4v) is 5.59. The summed E-state index contributed by atoms with van der Waals surface area (Å²) >= 11 is 2.79. The number of nitrogens with zero attached hydrogens (tertiary/aromatic N) is 2. The Kier molecular flexibility index (Phi) is 7.99. The van der Waals surface area contributed by atoms with Crippen LogP contribution >= 0.6 is 23.7 Å². The van der Waals surface area contributed by atoms with Gasteiger partial charge < -0.3 is 14.7 Å². The molecular formula is C23H32F4N2O3S2. The summed E-state index contributed by atoms with van der Waals surface area (Å²) in [4.78, 5) is 14.9. The average Bonchev–Trinajstić information content (AvgIpc) is 2.83. The molecule has 34 heavy (non-hydrogen) atoms. The molecule has 5 nitrogen and oxygen atoms in total. The molecule has 0 radical (unpaired) electrons. The van der Waals surface area contributed by atoms with Crippen LogP contribution in [0.1, 0.15) is 46.5 Å². The SMILES string of the molecule is CSc1cc2c(cc1OCC(C)(C)C(=O)O)SN(C)C(CCC(C)(F)F)CN2C1CC(F)(F)C1. The zero-order chi connectivity index (χ0) is 25.5. The van der Waals surface area contributed by atoms with E-state index in [0.717, 1.165) is 22.4 Å². The molecule has 1 unspecified atom stereocenters. The van der Waals surface area contributed by atoms with E-state index in [1.807, 2.05) is 28.6 Å². The molecule has 192 valence electrons. The standard InChI is InChI=1S/C23H32F4N2O3S2/c1-21(2,20(30)31)13-32-17-9-18-16(8-19(17)33-5)29(15-10-23(26,27)11-15)12-14(28(4)34-18)6-7-22(3,24)25/h8-9,14-15H,6-7,10-13H2,1-5H3,(H,30,31). The fourth-order valence-electron chi connectivity index (χ4n) is 3.98. The van der Waals surface area contributed by atoms with E-state index in [0.29, 0.717) is 12.3 Å². The molecule has 0 spiro atoms. The molecule has 1 N–H and O–H groups in total. The van der Waals surface area contributed by atoms with Crippen LogP contribution in [0.4, 0.5) is 23.2 Å². The summed E-state index contributed by atoms with van der Waals surface area (Å²) in [5, 5.41) is 9.40. The second kappa shape index (κ2) is 9.97. The van der Waals surface area contributed by atoms with Crippen molar-refractivity contribution >= 4 is 35.4 Å². The van der Waals surface area contributed by atoms with E-state index in [9.17, 15) is 27.5 Å². The van der Waals surface area contributed by atoms with Crippen molar-refractivity contribution in [3.63, 3.8) is 0 Å². The van der Waals surface area contributed by atoms with E-state index >= 15 is 0 Å². The molecule has 1 aliphatic heterocycles. The van der Waals surface area contributed by atoms with Crippen molar-refractivity contribution in [3.05, 3.63) is 12.1 Å². The zero-order valence-electron chi connectivity index (χ0n) is 20.0. The van der Waals surface area contributed by atoms with Crippen LogP contribution in [0.3, 0.4) is 0 Å². The fraction of sp³-hybridized carbons (Fsp3) is 0.696. The zero-order valence-corrected chi connectivity index (χ0v) is 21.7. The van der Waals surface area contributed by atoms with Crippen LogP contribution in [0, 0.1) is 5.41 Å². The summed E-state index contributed by atoms with van der Waals surface area (Å²) < 4.78 is 62.6. The van der Waals surface area contributed by atoms with Crippen molar-refractivity contribution in [2.75, 3.05) is 31.4 Å². The maximum atomic E-state index is 13.8. The third-order valence-electron chi connectivity index (χ3n) is 6.31. The van der Waals surface area contributed by atoms with E-state index in [4.69, 9.17) is 4.74 Å². The van der Waals surface area contributed by atoms with Crippen molar-refractivity contribution < 1.29 is 32.2 Å². The van der Waals surface area contributed by atoms with E-state index < -0.39 is 23.2 Å². The van der Waals surface area contributed by atoms with Crippen molar-refractivity contribution in [2.45, 2.75) is 80.2 Å². The minimum Gasteiger partial charge on any atom is -0.491 e. The summed E-state index contributed by atoms with van der Waals surface area (Å²) in [5.41, 5.74) is -0.316. The van der Waals surface area contributed by atoms with Gasteiger partial charge in [0.05, 0.1) is 20.9 Å². The molecule has 11 heteroatoms. The van der Waals surface area contributed by atoms with Crippen molar-refractivity contribution in [2.24, 2.45) is 5.41 Å². The molecule has 0 saturated heterocycles. The Morgan fingerprint density at radius 3 is 2.47 bits per heavy atom. The summed E-state index contributed by atoms with van der Waals surface area (Å²) in [6.07, 6.45) is 1.27. The Balaban J connectivity index is 1.94. The highest BCUT2D eigenvalue weighted by Crippen LogP contribution is 2.49. The molecule has 1 aromatic rings. The van der Waals surface area contributed by atoms with E-state index in [1.54, 1.807) is 19.9 Å². The molecule has 1 saturated carbocycles. The van der Waals surface area contributed by atoms with E-state index in [1.165, 1.54) is 23.7 Å². The number of rotatable bonds is 9. The van der Waals surface area contributed by atoms with Crippen LogP contribution in [0.25, 0.3) is 0 Å².